The third-order valence-electron chi connectivity index (χ3n) is 4.54. The summed E-state index contributed by atoms with van der Waals surface area (Å²) in [4.78, 5) is 24.0. The molecular weight excluding hydrogens is 314 g/mol. The van der Waals surface area contributed by atoms with Crippen molar-refractivity contribution in [3.8, 4) is 0 Å². The Bertz CT molecular complexity index is 802. The Morgan fingerprint density at radius 2 is 1.71 bits per heavy atom. The van der Waals surface area contributed by atoms with Crippen LogP contribution in [0, 0.1) is 11.6 Å². The molecular formula is C18H16F2N2O2. The Morgan fingerprint density at radius 1 is 1.04 bits per heavy atom. The van der Waals surface area contributed by atoms with Crippen LogP contribution in [0.1, 0.15) is 35.2 Å². The Labute approximate surface area is 137 Å². The largest absolute Gasteiger partial charge is 0.366 e. The lowest BCUT2D eigenvalue weighted by molar-refractivity contribution is -0.124. The van der Waals surface area contributed by atoms with E-state index < -0.39 is 28.5 Å². The van der Waals surface area contributed by atoms with Gasteiger partial charge in [-0.15, -0.1) is 0 Å². The Morgan fingerprint density at radius 3 is 2.25 bits per heavy atom. The molecule has 2 aromatic rings. The van der Waals surface area contributed by atoms with Gasteiger partial charge < -0.3 is 11.1 Å². The van der Waals surface area contributed by atoms with Gasteiger partial charge in [-0.25, -0.2) is 8.78 Å². The predicted octanol–water partition coefficient (Wildman–Crippen LogP) is 3.12. The van der Waals surface area contributed by atoms with Gasteiger partial charge in [0.2, 0.25) is 5.91 Å². The summed E-state index contributed by atoms with van der Waals surface area (Å²) in [5.74, 6) is -3.40. The second-order valence-corrected chi connectivity index (χ2v) is 5.93. The first kappa shape index (κ1) is 16.1. The maximum absolute atomic E-state index is 14.0. The van der Waals surface area contributed by atoms with Crippen molar-refractivity contribution in [1.29, 1.82) is 0 Å². The van der Waals surface area contributed by atoms with E-state index in [-0.39, 0.29) is 11.6 Å². The van der Waals surface area contributed by atoms with E-state index in [0.29, 0.717) is 18.9 Å². The summed E-state index contributed by atoms with van der Waals surface area (Å²) < 4.78 is 27.5. The number of nitrogens with one attached hydrogen (secondary N) is 1. The van der Waals surface area contributed by atoms with Crippen molar-refractivity contribution in [2.24, 2.45) is 5.73 Å². The van der Waals surface area contributed by atoms with E-state index >= 15 is 0 Å². The zero-order chi connectivity index (χ0) is 17.3. The minimum atomic E-state index is -1.06. The third kappa shape index (κ3) is 2.64. The molecule has 0 aromatic heterocycles. The second-order valence-electron chi connectivity index (χ2n) is 5.93. The summed E-state index contributed by atoms with van der Waals surface area (Å²) >= 11 is 0. The molecule has 3 N–H and O–H groups in total. The van der Waals surface area contributed by atoms with Gasteiger partial charge in [-0.2, -0.15) is 0 Å². The molecule has 0 atom stereocenters. The molecule has 0 saturated heterocycles. The lowest BCUT2D eigenvalue weighted by atomic mass is 9.64. The highest BCUT2D eigenvalue weighted by Crippen LogP contribution is 2.44. The standard InChI is InChI=1S/C18H16F2N2O2/c19-13-10-14(20)15(9-12(13)16(21)23)22-17(24)18(7-4-8-18)11-5-2-1-3-6-11/h1-3,5-6,9-10H,4,7-8H2,(H2,21,23)(H,22,24). The highest BCUT2D eigenvalue weighted by molar-refractivity contribution is 6.01. The average molecular weight is 330 g/mol. The molecule has 2 amide bonds. The number of rotatable bonds is 4. The Kier molecular flexibility index (Phi) is 4.05. The molecule has 0 unspecified atom stereocenters. The molecule has 24 heavy (non-hydrogen) atoms. The van der Waals surface area contributed by atoms with E-state index in [1.165, 1.54) is 0 Å². The fourth-order valence-corrected chi connectivity index (χ4v) is 3.01. The first-order valence-electron chi connectivity index (χ1n) is 7.60. The summed E-state index contributed by atoms with van der Waals surface area (Å²) in [7, 11) is 0. The van der Waals surface area contributed by atoms with Crippen LogP contribution in [0.5, 0.6) is 0 Å². The molecule has 0 aliphatic heterocycles. The fraction of sp³-hybridized carbons (Fsp3) is 0.222. The molecule has 4 nitrogen and oxygen atoms in total. The number of primary amides is 1. The van der Waals surface area contributed by atoms with Crippen molar-refractivity contribution in [1.82, 2.24) is 0 Å². The highest BCUT2D eigenvalue weighted by Gasteiger charge is 2.45. The fourth-order valence-electron chi connectivity index (χ4n) is 3.01. The van der Waals surface area contributed by atoms with E-state index in [9.17, 15) is 18.4 Å². The molecule has 0 spiro atoms. The van der Waals surface area contributed by atoms with Crippen LogP contribution in [0.2, 0.25) is 0 Å². The van der Waals surface area contributed by atoms with Gasteiger partial charge in [-0.1, -0.05) is 36.8 Å². The van der Waals surface area contributed by atoms with Gasteiger partial charge in [-0.3, -0.25) is 9.59 Å². The summed E-state index contributed by atoms with van der Waals surface area (Å²) in [5.41, 5.74) is 4.47. The van der Waals surface area contributed by atoms with E-state index in [4.69, 9.17) is 5.73 Å². The van der Waals surface area contributed by atoms with Crippen molar-refractivity contribution in [3.05, 3.63) is 65.2 Å². The first-order chi connectivity index (χ1) is 11.4. The van der Waals surface area contributed by atoms with Gasteiger partial charge in [0.05, 0.1) is 16.7 Å². The van der Waals surface area contributed by atoms with Crippen LogP contribution in [-0.2, 0) is 10.2 Å². The van der Waals surface area contributed by atoms with Gasteiger partial charge >= 0.3 is 0 Å². The predicted molar refractivity (Wildman–Crippen MR) is 85.5 cm³/mol. The summed E-state index contributed by atoms with van der Waals surface area (Å²) in [6, 6.07) is 10.7. The van der Waals surface area contributed by atoms with Crippen molar-refractivity contribution in [2.75, 3.05) is 5.32 Å². The molecule has 2 aromatic carbocycles. The number of anilines is 1. The molecule has 3 rings (SSSR count). The quantitative estimate of drug-likeness (QED) is 0.904. The summed E-state index contributed by atoms with van der Waals surface area (Å²) in [6.45, 7) is 0. The van der Waals surface area contributed by atoms with Crippen molar-refractivity contribution < 1.29 is 18.4 Å². The maximum atomic E-state index is 14.0. The molecule has 6 heteroatoms. The summed E-state index contributed by atoms with van der Waals surface area (Å²) in [5, 5.41) is 2.49. The van der Waals surface area contributed by atoms with E-state index in [2.05, 4.69) is 5.32 Å². The monoisotopic (exact) mass is 330 g/mol. The number of carbonyl (C=O) groups excluding carboxylic acids is 2. The minimum Gasteiger partial charge on any atom is -0.366 e. The molecule has 0 heterocycles. The van der Waals surface area contributed by atoms with Gasteiger partial charge in [-0.05, 0) is 24.5 Å². The van der Waals surface area contributed by atoms with Crippen molar-refractivity contribution in [2.45, 2.75) is 24.7 Å². The number of amides is 2. The van der Waals surface area contributed by atoms with Crippen LogP contribution in [0.4, 0.5) is 14.5 Å². The van der Waals surface area contributed by atoms with Crippen LogP contribution >= 0.6 is 0 Å². The van der Waals surface area contributed by atoms with E-state index in [0.717, 1.165) is 18.1 Å². The number of halogens is 2. The number of hydrogen-bond acceptors (Lipinski definition) is 2. The van der Waals surface area contributed by atoms with Crippen molar-refractivity contribution >= 4 is 17.5 Å². The minimum absolute atomic E-state index is 0.252. The van der Waals surface area contributed by atoms with Crippen LogP contribution in [0.3, 0.4) is 0 Å². The Hall–Kier alpha value is -2.76. The summed E-state index contributed by atoms with van der Waals surface area (Å²) in [6.07, 6.45) is 2.18. The normalized spacial score (nSPS) is 15.4. The van der Waals surface area contributed by atoms with Crippen LogP contribution in [0.15, 0.2) is 42.5 Å². The molecule has 1 aliphatic carbocycles. The molecule has 1 fully saturated rings. The molecule has 124 valence electrons. The van der Waals surface area contributed by atoms with E-state index in [1.807, 2.05) is 30.3 Å². The Balaban J connectivity index is 1.92. The zero-order valence-electron chi connectivity index (χ0n) is 12.8. The average Bonchev–Trinajstić information content (AvgIpc) is 2.49. The molecule has 0 bridgehead atoms. The van der Waals surface area contributed by atoms with Gasteiger partial charge in [0.15, 0.2) is 0 Å². The highest BCUT2D eigenvalue weighted by atomic mass is 19.1. The number of benzene rings is 2. The molecule has 1 aliphatic rings. The van der Waals surface area contributed by atoms with Crippen LogP contribution < -0.4 is 11.1 Å². The number of carbonyl (C=O) groups is 2. The zero-order valence-corrected chi connectivity index (χ0v) is 12.8. The van der Waals surface area contributed by atoms with Crippen LogP contribution in [0.25, 0.3) is 0 Å². The third-order valence-corrected chi connectivity index (χ3v) is 4.54. The molecule has 1 saturated carbocycles. The van der Waals surface area contributed by atoms with E-state index in [1.54, 1.807) is 0 Å². The van der Waals surface area contributed by atoms with Gasteiger partial charge in [0.25, 0.3) is 5.91 Å². The van der Waals surface area contributed by atoms with Crippen molar-refractivity contribution in [3.63, 3.8) is 0 Å². The molecule has 0 radical (unpaired) electrons. The number of nitrogens with two attached hydrogens (primary N) is 1. The van der Waals surface area contributed by atoms with Crippen LogP contribution in [-0.4, -0.2) is 11.8 Å². The first-order valence-corrected chi connectivity index (χ1v) is 7.60. The smallest absolute Gasteiger partial charge is 0.251 e. The van der Waals surface area contributed by atoms with Gasteiger partial charge in [0, 0.05) is 6.07 Å². The maximum Gasteiger partial charge on any atom is 0.251 e. The number of hydrogen-bond donors (Lipinski definition) is 2. The SMILES string of the molecule is NC(=O)c1cc(NC(=O)C2(c3ccccc3)CCC2)c(F)cc1F. The lowest BCUT2D eigenvalue weighted by Gasteiger charge is -2.40. The second kappa shape index (κ2) is 6.03. The topological polar surface area (TPSA) is 72.2 Å². The van der Waals surface area contributed by atoms with Gasteiger partial charge in [0.1, 0.15) is 11.6 Å². The lowest BCUT2D eigenvalue weighted by Crippen LogP contribution is -2.46.